The Morgan fingerprint density at radius 3 is 2.32 bits per heavy atom. The van der Waals surface area contributed by atoms with Crippen LogP contribution in [-0.4, -0.2) is 39.5 Å². The highest BCUT2D eigenvalue weighted by molar-refractivity contribution is 7.13. The van der Waals surface area contributed by atoms with E-state index in [1.807, 2.05) is 26.0 Å². The minimum absolute atomic E-state index is 0.0718. The largest absolute Gasteiger partial charge is 0.481 e. The van der Waals surface area contributed by atoms with Crippen molar-refractivity contribution in [1.82, 2.24) is 9.88 Å². The number of hydrogen-bond acceptors (Lipinski definition) is 4. The molecule has 134 valence electrons. The molecule has 1 heterocycles. The highest BCUT2D eigenvalue weighted by Gasteiger charge is 2.22. The molecule has 0 atom stereocenters. The molecule has 1 aromatic carbocycles. The molecule has 0 saturated carbocycles. The second kappa shape index (κ2) is 8.25. The first kappa shape index (κ1) is 19.1. The molecule has 2 aromatic rings. The molecule has 0 radical (unpaired) electrons. The average molecular weight is 360 g/mol. The maximum atomic E-state index is 12.7. The lowest BCUT2D eigenvalue weighted by Crippen LogP contribution is -2.38. The van der Waals surface area contributed by atoms with Gasteiger partial charge in [-0.3, -0.25) is 9.59 Å². The molecule has 0 aliphatic rings. The topological polar surface area (TPSA) is 70.5 Å². The summed E-state index contributed by atoms with van der Waals surface area (Å²) in [6.45, 7) is 8.22. The molecule has 0 fully saturated rings. The van der Waals surface area contributed by atoms with Gasteiger partial charge in [0.1, 0.15) is 10.7 Å². The smallest absolute Gasteiger partial charge is 0.305 e. The number of amides is 1. The summed E-state index contributed by atoms with van der Waals surface area (Å²) in [5.74, 6) is -0.670. The molecule has 0 unspecified atom stereocenters. The van der Waals surface area contributed by atoms with E-state index in [0.717, 1.165) is 10.6 Å². The Balaban J connectivity index is 2.18. The second-order valence-electron chi connectivity index (χ2n) is 6.55. The molecule has 6 heteroatoms. The first-order valence-corrected chi connectivity index (χ1v) is 9.26. The van der Waals surface area contributed by atoms with Gasteiger partial charge >= 0.3 is 5.97 Å². The van der Waals surface area contributed by atoms with E-state index in [1.54, 1.807) is 10.3 Å². The molecule has 5 nitrogen and oxygen atoms in total. The number of carboxylic acids is 1. The van der Waals surface area contributed by atoms with E-state index in [2.05, 4.69) is 31.0 Å². The Kier molecular flexibility index (Phi) is 6.31. The number of carbonyl (C=O) groups is 2. The van der Waals surface area contributed by atoms with Gasteiger partial charge in [-0.15, -0.1) is 11.3 Å². The van der Waals surface area contributed by atoms with Crippen LogP contribution in [0.3, 0.4) is 0 Å². The van der Waals surface area contributed by atoms with E-state index < -0.39 is 5.97 Å². The lowest BCUT2D eigenvalue weighted by Gasteiger charge is -2.25. The van der Waals surface area contributed by atoms with Crippen LogP contribution in [0.4, 0.5) is 0 Å². The van der Waals surface area contributed by atoms with Crippen LogP contribution >= 0.6 is 11.3 Å². The van der Waals surface area contributed by atoms with Crippen LogP contribution in [0.2, 0.25) is 0 Å². The minimum atomic E-state index is -0.914. The number of benzene rings is 1. The molecular formula is C19H24N2O3S. The van der Waals surface area contributed by atoms with E-state index in [0.29, 0.717) is 11.6 Å². The fourth-order valence-corrected chi connectivity index (χ4v) is 3.27. The van der Waals surface area contributed by atoms with Crippen LogP contribution in [0.5, 0.6) is 0 Å². The molecule has 1 N–H and O–H groups in total. The molecule has 0 aliphatic heterocycles. The van der Waals surface area contributed by atoms with Gasteiger partial charge in [0.2, 0.25) is 0 Å². The highest BCUT2D eigenvalue weighted by atomic mass is 32.1. The predicted molar refractivity (Wildman–Crippen MR) is 100 cm³/mol. The Morgan fingerprint density at radius 1 is 1.16 bits per heavy atom. The lowest BCUT2D eigenvalue weighted by molar-refractivity contribution is -0.137. The van der Waals surface area contributed by atoms with Gasteiger partial charge in [0.05, 0.1) is 6.42 Å². The summed E-state index contributed by atoms with van der Waals surface area (Å²) in [6.07, 6.45) is -0.0718. The van der Waals surface area contributed by atoms with Gasteiger partial charge < -0.3 is 10.0 Å². The number of nitrogens with zero attached hydrogens (tertiary/aromatic N) is 2. The molecule has 0 saturated heterocycles. The van der Waals surface area contributed by atoms with Gasteiger partial charge in [0.25, 0.3) is 5.91 Å². The van der Waals surface area contributed by atoms with Crippen LogP contribution in [0.25, 0.3) is 10.6 Å². The van der Waals surface area contributed by atoms with E-state index in [9.17, 15) is 9.59 Å². The van der Waals surface area contributed by atoms with E-state index in [-0.39, 0.29) is 24.9 Å². The molecular weight excluding hydrogens is 336 g/mol. The van der Waals surface area contributed by atoms with E-state index in [4.69, 9.17) is 5.11 Å². The van der Waals surface area contributed by atoms with Crippen molar-refractivity contribution in [2.24, 2.45) is 0 Å². The van der Waals surface area contributed by atoms with Gasteiger partial charge in [-0.1, -0.05) is 38.1 Å². The molecule has 25 heavy (non-hydrogen) atoms. The molecule has 1 aromatic heterocycles. The van der Waals surface area contributed by atoms with Crippen molar-refractivity contribution in [3.63, 3.8) is 0 Å². The van der Waals surface area contributed by atoms with Crippen LogP contribution in [0, 0.1) is 0 Å². The van der Waals surface area contributed by atoms with Crippen molar-refractivity contribution >= 4 is 23.2 Å². The highest BCUT2D eigenvalue weighted by Crippen LogP contribution is 2.26. The number of carbonyl (C=O) groups excluding carboxylic acids is 1. The standard InChI is InChI=1S/C19H24N2O3S/c1-12(2)14-5-7-15(8-6-14)18-20-16(11-25-18)19(24)21(13(3)4)10-9-17(22)23/h5-8,11-13H,9-10H2,1-4H3,(H,22,23). The summed E-state index contributed by atoms with van der Waals surface area (Å²) in [6, 6.07) is 8.12. The summed E-state index contributed by atoms with van der Waals surface area (Å²) in [4.78, 5) is 29.5. The molecule has 0 aliphatic carbocycles. The van der Waals surface area contributed by atoms with Crippen molar-refractivity contribution in [3.8, 4) is 10.6 Å². The minimum Gasteiger partial charge on any atom is -0.481 e. The molecule has 0 spiro atoms. The Morgan fingerprint density at radius 2 is 1.80 bits per heavy atom. The summed E-state index contributed by atoms with van der Waals surface area (Å²) < 4.78 is 0. The van der Waals surface area contributed by atoms with Crippen molar-refractivity contribution < 1.29 is 14.7 Å². The number of aromatic nitrogens is 1. The van der Waals surface area contributed by atoms with Gasteiger partial charge in [0, 0.05) is 23.5 Å². The summed E-state index contributed by atoms with van der Waals surface area (Å²) >= 11 is 1.42. The summed E-state index contributed by atoms with van der Waals surface area (Å²) in [5.41, 5.74) is 2.61. The van der Waals surface area contributed by atoms with Crippen LogP contribution in [-0.2, 0) is 4.79 Å². The van der Waals surface area contributed by atoms with Crippen molar-refractivity contribution in [3.05, 3.63) is 40.9 Å². The Labute approximate surface area is 152 Å². The summed E-state index contributed by atoms with van der Waals surface area (Å²) in [7, 11) is 0. The fourth-order valence-electron chi connectivity index (χ4n) is 2.47. The number of aliphatic carboxylic acids is 1. The second-order valence-corrected chi connectivity index (χ2v) is 7.41. The van der Waals surface area contributed by atoms with E-state index in [1.165, 1.54) is 16.9 Å². The Bertz CT molecular complexity index is 735. The van der Waals surface area contributed by atoms with Gasteiger partial charge in [-0.05, 0) is 25.3 Å². The van der Waals surface area contributed by atoms with E-state index >= 15 is 0 Å². The maximum absolute atomic E-state index is 12.7. The number of thiazole rings is 1. The normalized spacial score (nSPS) is 11.1. The van der Waals surface area contributed by atoms with Crippen molar-refractivity contribution in [1.29, 1.82) is 0 Å². The Hall–Kier alpha value is -2.21. The van der Waals surface area contributed by atoms with Crippen LogP contribution in [0.1, 0.15) is 56.1 Å². The van der Waals surface area contributed by atoms with Crippen LogP contribution < -0.4 is 0 Å². The van der Waals surface area contributed by atoms with Gasteiger partial charge in [-0.25, -0.2) is 4.98 Å². The van der Waals surface area contributed by atoms with Crippen molar-refractivity contribution in [2.45, 2.75) is 46.1 Å². The molecule has 2 rings (SSSR count). The van der Waals surface area contributed by atoms with Crippen molar-refractivity contribution in [2.75, 3.05) is 6.54 Å². The first-order valence-electron chi connectivity index (χ1n) is 8.38. The third kappa shape index (κ3) is 4.89. The quantitative estimate of drug-likeness (QED) is 0.801. The average Bonchev–Trinajstić information content (AvgIpc) is 3.04. The zero-order chi connectivity index (χ0) is 18.6. The third-order valence-corrected chi connectivity index (χ3v) is 4.89. The number of carboxylic acid groups (broad SMARTS) is 1. The fraction of sp³-hybridized carbons (Fsp3) is 0.421. The SMILES string of the molecule is CC(C)c1ccc(-c2nc(C(=O)N(CCC(=O)O)C(C)C)cs2)cc1. The lowest BCUT2D eigenvalue weighted by atomic mass is 10.0. The molecule has 1 amide bonds. The molecule has 0 bridgehead atoms. The zero-order valence-corrected chi connectivity index (χ0v) is 15.8. The predicted octanol–water partition coefficient (Wildman–Crippen LogP) is 4.26. The van der Waals surface area contributed by atoms with Gasteiger partial charge in [-0.2, -0.15) is 0 Å². The van der Waals surface area contributed by atoms with Gasteiger partial charge in [0.15, 0.2) is 0 Å². The summed E-state index contributed by atoms with van der Waals surface area (Å²) in [5, 5.41) is 11.4. The zero-order valence-electron chi connectivity index (χ0n) is 15.0. The number of hydrogen-bond donors (Lipinski definition) is 1. The maximum Gasteiger partial charge on any atom is 0.305 e. The first-order chi connectivity index (χ1) is 11.8. The monoisotopic (exact) mass is 360 g/mol. The number of rotatable bonds is 7. The third-order valence-electron chi connectivity index (χ3n) is 4.00. The van der Waals surface area contributed by atoms with Crippen LogP contribution in [0.15, 0.2) is 29.6 Å².